The van der Waals surface area contributed by atoms with Crippen LogP contribution in [0.1, 0.15) is 48.4 Å². The molecule has 2 aliphatic carbocycles. The molecule has 3 N–H and O–H groups in total. The number of nitrogens with zero attached hydrogens (tertiary/aromatic N) is 1. The largest absolute Gasteiger partial charge is 0.351 e. The van der Waals surface area contributed by atoms with Crippen molar-refractivity contribution in [3.8, 4) is 0 Å². The maximum Gasteiger partial charge on any atom is 0.290 e. The minimum Gasteiger partial charge on any atom is -0.351 e. The smallest absolute Gasteiger partial charge is 0.290 e. The van der Waals surface area contributed by atoms with Crippen LogP contribution in [0.5, 0.6) is 0 Å². The molecule has 0 aromatic carbocycles. The Morgan fingerprint density at radius 1 is 1.42 bits per heavy atom. The fraction of sp³-hybridized carbons (Fsp3) is 0.714. The summed E-state index contributed by atoms with van der Waals surface area (Å²) in [6, 6.07) is 2.24. The maximum absolute atomic E-state index is 12.2. The van der Waals surface area contributed by atoms with Gasteiger partial charge < -0.3 is 15.6 Å². The lowest BCUT2D eigenvalue weighted by molar-refractivity contribution is 0.0725. The molecule has 104 valence electrons. The van der Waals surface area contributed by atoms with E-state index in [2.05, 4.69) is 10.5 Å². The highest BCUT2D eigenvalue weighted by atomic mass is 16.5. The number of carbonyl (C=O) groups excluding carboxylic acids is 1. The van der Waals surface area contributed by atoms with Gasteiger partial charge in [-0.05, 0) is 44.4 Å². The molecular formula is C14H21N3O2. The van der Waals surface area contributed by atoms with E-state index in [1.165, 1.54) is 19.3 Å². The van der Waals surface area contributed by atoms with Crippen LogP contribution >= 0.6 is 0 Å². The summed E-state index contributed by atoms with van der Waals surface area (Å²) in [5.41, 5.74) is 6.82. The SMILES string of the molecule is Cc1cc(C(=O)NC2C3CCCC2CC(N)C3)on1. The Kier molecular flexibility index (Phi) is 3.31. The van der Waals surface area contributed by atoms with E-state index in [-0.39, 0.29) is 11.9 Å². The number of amides is 1. The van der Waals surface area contributed by atoms with E-state index >= 15 is 0 Å². The van der Waals surface area contributed by atoms with Gasteiger partial charge in [-0.1, -0.05) is 11.6 Å². The molecule has 1 heterocycles. The van der Waals surface area contributed by atoms with Crippen molar-refractivity contribution in [3.05, 3.63) is 17.5 Å². The van der Waals surface area contributed by atoms with Crippen molar-refractivity contribution < 1.29 is 9.32 Å². The van der Waals surface area contributed by atoms with Gasteiger partial charge in [-0.2, -0.15) is 0 Å². The second-order valence-corrected chi connectivity index (χ2v) is 6.01. The average Bonchev–Trinajstić information content (AvgIpc) is 2.77. The standard InChI is InChI=1S/C14H21N3O2/c1-8-5-12(19-17-8)14(18)16-13-9-3-2-4-10(13)7-11(15)6-9/h5,9-11,13H,2-4,6-7,15H2,1H3,(H,16,18). The van der Waals surface area contributed by atoms with E-state index in [0.717, 1.165) is 18.5 Å². The molecule has 2 unspecified atom stereocenters. The molecule has 2 aliphatic rings. The zero-order chi connectivity index (χ0) is 13.4. The molecule has 1 aromatic rings. The van der Waals surface area contributed by atoms with E-state index in [1.807, 2.05) is 6.92 Å². The van der Waals surface area contributed by atoms with E-state index < -0.39 is 0 Å². The fourth-order valence-corrected chi connectivity index (χ4v) is 3.72. The van der Waals surface area contributed by atoms with Crippen LogP contribution in [0.15, 0.2) is 10.6 Å². The lowest BCUT2D eigenvalue weighted by Crippen LogP contribution is -2.53. The Bertz CT molecular complexity index is 457. The molecule has 1 amide bonds. The molecular weight excluding hydrogens is 242 g/mol. The number of nitrogens with one attached hydrogen (secondary N) is 1. The van der Waals surface area contributed by atoms with Gasteiger partial charge in [0.15, 0.2) is 0 Å². The van der Waals surface area contributed by atoms with Crippen molar-refractivity contribution in [1.82, 2.24) is 10.5 Å². The van der Waals surface area contributed by atoms with Gasteiger partial charge in [0, 0.05) is 18.2 Å². The molecule has 0 spiro atoms. The number of nitrogens with two attached hydrogens (primary N) is 1. The van der Waals surface area contributed by atoms with Crippen molar-refractivity contribution in [3.63, 3.8) is 0 Å². The Hall–Kier alpha value is -1.36. The van der Waals surface area contributed by atoms with Gasteiger partial charge in [0.25, 0.3) is 5.91 Å². The molecule has 3 rings (SSSR count). The fourth-order valence-electron chi connectivity index (χ4n) is 3.72. The predicted molar refractivity (Wildman–Crippen MR) is 70.5 cm³/mol. The molecule has 0 radical (unpaired) electrons. The molecule has 2 bridgehead atoms. The maximum atomic E-state index is 12.2. The van der Waals surface area contributed by atoms with Crippen LogP contribution in [-0.2, 0) is 0 Å². The summed E-state index contributed by atoms with van der Waals surface area (Å²) in [7, 11) is 0. The zero-order valence-corrected chi connectivity index (χ0v) is 11.3. The molecule has 1 aromatic heterocycles. The molecule has 5 nitrogen and oxygen atoms in total. The third-order valence-corrected chi connectivity index (χ3v) is 4.53. The summed E-state index contributed by atoms with van der Waals surface area (Å²) >= 11 is 0. The third-order valence-electron chi connectivity index (χ3n) is 4.53. The van der Waals surface area contributed by atoms with Crippen LogP contribution in [0, 0.1) is 18.8 Å². The minimum absolute atomic E-state index is 0.141. The zero-order valence-electron chi connectivity index (χ0n) is 11.3. The lowest BCUT2D eigenvalue weighted by Gasteiger charge is -2.45. The molecule has 0 aliphatic heterocycles. The lowest BCUT2D eigenvalue weighted by atomic mass is 9.67. The quantitative estimate of drug-likeness (QED) is 0.849. The van der Waals surface area contributed by atoms with Gasteiger partial charge in [0.05, 0.1) is 5.69 Å². The molecule has 19 heavy (non-hydrogen) atoms. The third kappa shape index (κ3) is 2.52. The van der Waals surface area contributed by atoms with Crippen LogP contribution < -0.4 is 11.1 Å². The average molecular weight is 263 g/mol. The first-order valence-corrected chi connectivity index (χ1v) is 7.13. The summed E-state index contributed by atoms with van der Waals surface area (Å²) in [4.78, 5) is 12.2. The van der Waals surface area contributed by atoms with Crippen LogP contribution in [-0.4, -0.2) is 23.1 Å². The topological polar surface area (TPSA) is 81.2 Å². The molecule has 5 heteroatoms. The summed E-state index contributed by atoms with van der Waals surface area (Å²) < 4.78 is 5.02. The van der Waals surface area contributed by atoms with E-state index in [4.69, 9.17) is 10.3 Å². The first-order chi connectivity index (χ1) is 9.13. The van der Waals surface area contributed by atoms with Gasteiger partial charge in [-0.25, -0.2) is 0 Å². The van der Waals surface area contributed by atoms with Gasteiger partial charge in [-0.3, -0.25) is 4.79 Å². The van der Waals surface area contributed by atoms with Gasteiger partial charge in [-0.15, -0.1) is 0 Å². The number of aryl methyl sites for hydroxylation is 1. The van der Waals surface area contributed by atoms with Crippen molar-refractivity contribution in [2.24, 2.45) is 17.6 Å². The van der Waals surface area contributed by atoms with Crippen molar-refractivity contribution in [2.75, 3.05) is 0 Å². The molecule has 2 atom stereocenters. The van der Waals surface area contributed by atoms with Crippen LogP contribution in [0.25, 0.3) is 0 Å². The van der Waals surface area contributed by atoms with Crippen LogP contribution in [0.3, 0.4) is 0 Å². The Labute approximate surface area is 112 Å². The highest BCUT2D eigenvalue weighted by Crippen LogP contribution is 2.39. The van der Waals surface area contributed by atoms with E-state index in [9.17, 15) is 4.79 Å². The molecule has 0 saturated heterocycles. The summed E-state index contributed by atoms with van der Waals surface area (Å²) in [5.74, 6) is 1.22. The number of carbonyl (C=O) groups is 1. The van der Waals surface area contributed by atoms with Crippen LogP contribution in [0.2, 0.25) is 0 Å². The summed E-state index contributed by atoms with van der Waals surface area (Å²) in [6.07, 6.45) is 5.65. The Morgan fingerprint density at radius 2 is 2.11 bits per heavy atom. The number of hydrogen-bond acceptors (Lipinski definition) is 4. The second kappa shape index (κ2) is 4.96. The van der Waals surface area contributed by atoms with Crippen molar-refractivity contribution in [1.29, 1.82) is 0 Å². The normalized spacial score (nSPS) is 34.0. The number of aromatic nitrogens is 1. The summed E-state index contributed by atoms with van der Waals surface area (Å²) in [5, 5.41) is 6.90. The summed E-state index contributed by atoms with van der Waals surface area (Å²) in [6.45, 7) is 1.81. The highest BCUT2D eigenvalue weighted by Gasteiger charge is 2.40. The van der Waals surface area contributed by atoms with E-state index in [1.54, 1.807) is 6.07 Å². The number of fused-ring (bicyclic) bond motifs is 2. The van der Waals surface area contributed by atoms with Crippen molar-refractivity contribution >= 4 is 5.91 Å². The van der Waals surface area contributed by atoms with Crippen LogP contribution in [0.4, 0.5) is 0 Å². The van der Waals surface area contributed by atoms with Gasteiger partial charge >= 0.3 is 0 Å². The second-order valence-electron chi connectivity index (χ2n) is 6.01. The molecule has 2 fully saturated rings. The van der Waals surface area contributed by atoms with E-state index in [0.29, 0.717) is 23.6 Å². The Balaban J connectivity index is 1.70. The first kappa shape index (κ1) is 12.7. The Morgan fingerprint density at radius 3 is 2.68 bits per heavy atom. The van der Waals surface area contributed by atoms with Gasteiger partial charge in [0.1, 0.15) is 0 Å². The highest BCUT2D eigenvalue weighted by molar-refractivity contribution is 5.91. The predicted octanol–water partition coefficient (Wildman–Crippen LogP) is 1.62. The molecule has 2 saturated carbocycles. The number of hydrogen-bond donors (Lipinski definition) is 2. The minimum atomic E-state index is -0.141. The monoisotopic (exact) mass is 263 g/mol. The number of rotatable bonds is 2. The van der Waals surface area contributed by atoms with Crippen molar-refractivity contribution in [2.45, 2.75) is 51.1 Å². The first-order valence-electron chi connectivity index (χ1n) is 7.13. The van der Waals surface area contributed by atoms with Gasteiger partial charge in [0.2, 0.25) is 5.76 Å².